The number of Topliss-reactive ketones (excluding diaryl/α,β-unsaturated/α-hetero) is 1. The van der Waals surface area contributed by atoms with Gasteiger partial charge in [-0.2, -0.15) is 0 Å². The fourth-order valence-electron chi connectivity index (χ4n) is 4.16. The lowest BCUT2D eigenvalue weighted by molar-refractivity contribution is -0.139. The van der Waals surface area contributed by atoms with Crippen molar-refractivity contribution in [1.82, 2.24) is 0 Å². The molecule has 1 aliphatic carbocycles. The maximum Gasteiger partial charge on any atom is 0.340 e. The van der Waals surface area contributed by atoms with Gasteiger partial charge in [0.1, 0.15) is 11.3 Å². The minimum Gasteiger partial charge on any atom is -0.462 e. The summed E-state index contributed by atoms with van der Waals surface area (Å²) in [6.45, 7) is 1.91. The zero-order valence-electron chi connectivity index (χ0n) is 16.6. The van der Waals surface area contributed by atoms with E-state index in [1.54, 1.807) is 31.2 Å². The Morgan fingerprint density at radius 1 is 1.10 bits per heavy atom. The first kappa shape index (κ1) is 20.2. The molecule has 2 aromatic rings. The molecular formula is C24H22ClNO4. The zero-order valence-corrected chi connectivity index (χ0v) is 17.3. The van der Waals surface area contributed by atoms with Crippen molar-refractivity contribution >= 4 is 23.4 Å². The van der Waals surface area contributed by atoms with Gasteiger partial charge in [-0.25, -0.2) is 4.79 Å². The van der Waals surface area contributed by atoms with E-state index in [-0.39, 0.29) is 29.8 Å². The van der Waals surface area contributed by atoms with E-state index in [0.717, 1.165) is 11.1 Å². The van der Waals surface area contributed by atoms with Gasteiger partial charge in [-0.3, -0.25) is 4.79 Å². The molecule has 30 heavy (non-hydrogen) atoms. The molecule has 2 N–H and O–H groups in total. The van der Waals surface area contributed by atoms with Gasteiger partial charge in [0.15, 0.2) is 5.78 Å². The molecule has 2 atom stereocenters. The number of hydrogen-bond donors (Lipinski definition) is 1. The van der Waals surface area contributed by atoms with Gasteiger partial charge >= 0.3 is 5.97 Å². The molecule has 0 fully saturated rings. The topological polar surface area (TPSA) is 78.6 Å². The van der Waals surface area contributed by atoms with Crippen molar-refractivity contribution in [3.05, 3.63) is 93.5 Å². The zero-order chi connectivity index (χ0) is 21.3. The summed E-state index contributed by atoms with van der Waals surface area (Å²) in [4.78, 5) is 26.0. The molecular weight excluding hydrogens is 402 g/mol. The number of nitrogens with two attached hydrogens (primary N) is 1. The second-order valence-electron chi connectivity index (χ2n) is 7.36. The molecule has 0 radical (unpaired) electrons. The molecule has 0 saturated heterocycles. The summed E-state index contributed by atoms with van der Waals surface area (Å²) in [6.07, 6.45) is 0.873. The SMILES string of the molecule is CCOC(=O)C1=C(N)OC2=C(C(=O)C[C@@H](c3ccccc3)C2)[C@H]1c1ccc(Cl)cc1. The second-order valence-corrected chi connectivity index (χ2v) is 7.80. The quantitative estimate of drug-likeness (QED) is 0.728. The molecule has 0 unspecified atom stereocenters. The van der Waals surface area contributed by atoms with Crippen molar-refractivity contribution in [2.75, 3.05) is 6.61 Å². The Balaban J connectivity index is 1.80. The molecule has 154 valence electrons. The fraction of sp³-hybridized carbons (Fsp3) is 0.250. The van der Waals surface area contributed by atoms with E-state index in [4.69, 9.17) is 26.8 Å². The summed E-state index contributed by atoms with van der Waals surface area (Å²) in [6, 6.07) is 16.9. The van der Waals surface area contributed by atoms with E-state index in [1.165, 1.54) is 0 Å². The summed E-state index contributed by atoms with van der Waals surface area (Å²) in [7, 11) is 0. The number of ketones is 1. The summed E-state index contributed by atoms with van der Waals surface area (Å²) in [5.41, 5.74) is 8.64. The highest BCUT2D eigenvalue weighted by molar-refractivity contribution is 6.30. The predicted octanol–water partition coefficient (Wildman–Crippen LogP) is 4.59. The molecule has 4 rings (SSSR count). The lowest BCUT2D eigenvalue weighted by atomic mass is 9.73. The smallest absolute Gasteiger partial charge is 0.340 e. The molecule has 0 aromatic heterocycles. The fourth-order valence-corrected chi connectivity index (χ4v) is 4.29. The van der Waals surface area contributed by atoms with Crippen LogP contribution in [0.25, 0.3) is 0 Å². The summed E-state index contributed by atoms with van der Waals surface area (Å²) in [5.74, 6) is -0.785. The Morgan fingerprint density at radius 2 is 1.80 bits per heavy atom. The Kier molecular flexibility index (Phi) is 5.64. The predicted molar refractivity (Wildman–Crippen MR) is 114 cm³/mol. The Labute approximate surface area is 180 Å². The van der Waals surface area contributed by atoms with E-state index < -0.39 is 11.9 Å². The van der Waals surface area contributed by atoms with Crippen LogP contribution in [0.15, 0.2) is 77.4 Å². The molecule has 0 bridgehead atoms. The number of allylic oxidation sites excluding steroid dienone is 2. The maximum atomic E-state index is 13.3. The van der Waals surface area contributed by atoms with Crippen molar-refractivity contribution in [1.29, 1.82) is 0 Å². The number of carbonyl (C=O) groups is 2. The molecule has 0 amide bonds. The molecule has 2 aromatic carbocycles. The standard InChI is InChI=1S/C24H22ClNO4/c1-2-29-24(28)22-20(15-8-10-17(25)11-9-15)21-18(27)12-16(13-19(21)30-23(22)26)14-6-4-3-5-7-14/h3-11,16,20H,2,12-13,26H2,1H3/t16-,20-/m1/s1. The molecule has 1 heterocycles. The molecule has 2 aliphatic rings. The monoisotopic (exact) mass is 423 g/mol. The summed E-state index contributed by atoms with van der Waals surface area (Å²) >= 11 is 6.05. The van der Waals surface area contributed by atoms with E-state index >= 15 is 0 Å². The lowest BCUT2D eigenvalue weighted by Crippen LogP contribution is -2.33. The first-order valence-electron chi connectivity index (χ1n) is 9.90. The molecule has 0 saturated carbocycles. The molecule has 5 nitrogen and oxygen atoms in total. The Bertz CT molecular complexity index is 1040. The highest BCUT2D eigenvalue weighted by atomic mass is 35.5. The van der Waals surface area contributed by atoms with Crippen LogP contribution in [-0.4, -0.2) is 18.4 Å². The van der Waals surface area contributed by atoms with Crippen molar-refractivity contribution < 1.29 is 19.1 Å². The average Bonchev–Trinajstić information content (AvgIpc) is 2.74. The number of ether oxygens (including phenoxy) is 2. The maximum absolute atomic E-state index is 13.3. The summed E-state index contributed by atoms with van der Waals surface area (Å²) in [5, 5.41) is 0.564. The van der Waals surface area contributed by atoms with Gasteiger partial charge in [-0.05, 0) is 36.1 Å². The Hall–Kier alpha value is -3.05. The average molecular weight is 424 g/mol. The van der Waals surface area contributed by atoms with Crippen LogP contribution < -0.4 is 5.73 Å². The van der Waals surface area contributed by atoms with Crippen LogP contribution in [-0.2, 0) is 19.1 Å². The van der Waals surface area contributed by atoms with Crippen LogP contribution in [0.2, 0.25) is 5.02 Å². The van der Waals surface area contributed by atoms with E-state index in [9.17, 15) is 9.59 Å². The van der Waals surface area contributed by atoms with Gasteiger partial charge in [0.25, 0.3) is 0 Å². The molecule has 0 spiro atoms. The largest absolute Gasteiger partial charge is 0.462 e. The van der Waals surface area contributed by atoms with Crippen molar-refractivity contribution in [3.63, 3.8) is 0 Å². The number of esters is 1. The van der Waals surface area contributed by atoms with E-state index in [2.05, 4.69) is 0 Å². The third-order valence-electron chi connectivity index (χ3n) is 5.51. The first-order chi connectivity index (χ1) is 14.5. The van der Waals surface area contributed by atoms with Crippen molar-refractivity contribution in [2.24, 2.45) is 5.73 Å². The Morgan fingerprint density at radius 3 is 2.47 bits per heavy atom. The molecule has 6 heteroatoms. The van der Waals surface area contributed by atoms with Gasteiger partial charge in [0.2, 0.25) is 5.88 Å². The third-order valence-corrected chi connectivity index (χ3v) is 5.76. The van der Waals surface area contributed by atoms with E-state index in [1.807, 2.05) is 30.3 Å². The van der Waals surface area contributed by atoms with Crippen LogP contribution in [0.1, 0.15) is 42.7 Å². The van der Waals surface area contributed by atoms with Crippen LogP contribution in [0, 0.1) is 0 Å². The van der Waals surface area contributed by atoms with Crippen LogP contribution in [0.5, 0.6) is 0 Å². The second kappa shape index (κ2) is 8.36. The van der Waals surface area contributed by atoms with Gasteiger partial charge in [0.05, 0.1) is 12.5 Å². The number of halogens is 1. The number of carbonyl (C=O) groups excluding carboxylic acids is 2. The van der Waals surface area contributed by atoms with Gasteiger partial charge in [-0.1, -0.05) is 54.1 Å². The minimum absolute atomic E-state index is 0.000242. The van der Waals surface area contributed by atoms with Gasteiger partial charge in [0, 0.05) is 23.4 Å². The van der Waals surface area contributed by atoms with Crippen LogP contribution in [0.3, 0.4) is 0 Å². The lowest BCUT2D eigenvalue weighted by Gasteiger charge is -2.35. The number of hydrogen-bond acceptors (Lipinski definition) is 5. The van der Waals surface area contributed by atoms with Crippen molar-refractivity contribution in [2.45, 2.75) is 31.6 Å². The highest BCUT2D eigenvalue weighted by Gasteiger charge is 2.43. The minimum atomic E-state index is -0.644. The third kappa shape index (κ3) is 3.73. The summed E-state index contributed by atoms with van der Waals surface area (Å²) < 4.78 is 11.1. The van der Waals surface area contributed by atoms with Crippen LogP contribution in [0.4, 0.5) is 0 Å². The first-order valence-corrected chi connectivity index (χ1v) is 10.3. The van der Waals surface area contributed by atoms with Crippen molar-refractivity contribution in [3.8, 4) is 0 Å². The number of rotatable bonds is 4. The normalized spacial score (nSPS) is 21.2. The van der Waals surface area contributed by atoms with Gasteiger partial charge in [-0.15, -0.1) is 0 Å². The highest BCUT2D eigenvalue weighted by Crippen LogP contribution is 2.47. The number of benzene rings is 2. The molecule has 1 aliphatic heterocycles. The van der Waals surface area contributed by atoms with Gasteiger partial charge < -0.3 is 15.2 Å². The van der Waals surface area contributed by atoms with Crippen LogP contribution >= 0.6 is 11.6 Å². The van der Waals surface area contributed by atoms with E-state index in [0.29, 0.717) is 29.2 Å².